The summed E-state index contributed by atoms with van der Waals surface area (Å²) in [6.07, 6.45) is -4.20. The molecule has 1 heterocycles. The molecule has 0 saturated heterocycles. The van der Waals surface area contributed by atoms with Gasteiger partial charge >= 0.3 is 6.18 Å². The Morgan fingerprint density at radius 2 is 1.55 bits per heavy atom. The maximum absolute atomic E-state index is 13.3. The first kappa shape index (κ1) is 13.0. The van der Waals surface area contributed by atoms with Crippen molar-refractivity contribution in [3.63, 3.8) is 0 Å². The molecular formula is C16H14F3N. The molecule has 1 N–H and O–H groups in total. The van der Waals surface area contributed by atoms with Crippen molar-refractivity contribution in [2.45, 2.75) is 18.6 Å². The average Bonchev–Trinajstić information content (AvgIpc) is 2.46. The van der Waals surface area contributed by atoms with Gasteiger partial charge in [-0.1, -0.05) is 48.5 Å². The van der Waals surface area contributed by atoms with E-state index in [9.17, 15) is 13.2 Å². The second kappa shape index (κ2) is 4.85. The first-order chi connectivity index (χ1) is 9.55. The molecule has 3 rings (SSSR count). The molecule has 0 spiro atoms. The lowest BCUT2D eigenvalue weighted by Gasteiger charge is -2.36. The Morgan fingerprint density at radius 3 is 2.25 bits per heavy atom. The van der Waals surface area contributed by atoms with Gasteiger partial charge in [0.05, 0.1) is 12.0 Å². The van der Waals surface area contributed by atoms with Crippen LogP contribution >= 0.6 is 0 Å². The molecule has 2 aromatic carbocycles. The van der Waals surface area contributed by atoms with Crippen LogP contribution in [0.1, 0.15) is 17.2 Å². The zero-order valence-corrected chi connectivity index (χ0v) is 10.7. The summed E-state index contributed by atoms with van der Waals surface area (Å²) >= 11 is 0. The quantitative estimate of drug-likeness (QED) is 0.804. The number of hydrogen-bond acceptors (Lipinski definition) is 1. The van der Waals surface area contributed by atoms with E-state index < -0.39 is 18.1 Å². The van der Waals surface area contributed by atoms with E-state index in [4.69, 9.17) is 0 Å². The van der Waals surface area contributed by atoms with E-state index in [0.29, 0.717) is 5.56 Å². The standard InChI is InChI=1S/C16H14F3N/c17-16(18,19)13-10-12-8-4-5-9-14(12)20-15(13)11-6-2-1-3-7-11/h1-9,13,15,20H,10H2/t13-,15-/m0/s1. The maximum Gasteiger partial charge on any atom is 0.394 e. The lowest BCUT2D eigenvalue weighted by Crippen LogP contribution is -2.37. The lowest BCUT2D eigenvalue weighted by atomic mass is 9.83. The van der Waals surface area contributed by atoms with Crippen LogP contribution in [0, 0.1) is 5.92 Å². The molecule has 2 aromatic rings. The smallest absolute Gasteiger partial charge is 0.377 e. The Balaban J connectivity index is 2.03. The van der Waals surface area contributed by atoms with Crippen molar-refractivity contribution in [2.75, 3.05) is 5.32 Å². The van der Waals surface area contributed by atoms with E-state index in [1.54, 1.807) is 36.4 Å². The Kier molecular flexibility index (Phi) is 3.16. The molecule has 1 nitrogen and oxygen atoms in total. The van der Waals surface area contributed by atoms with Gasteiger partial charge in [0, 0.05) is 5.69 Å². The molecule has 2 atom stereocenters. The van der Waals surface area contributed by atoms with Crippen LogP contribution in [0.15, 0.2) is 54.6 Å². The normalized spacial score (nSPS) is 21.9. The van der Waals surface area contributed by atoms with Crippen molar-refractivity contribution in [3.05, 3.63) is 65.7 Å². The van der Waals surface area contributed by atoms with Gasteiger partial charge in [-0.15, -0.1) is 0 Å². The summed E-state index contributed by atoms with van der Waals surface area (Å²) < 4.78 is 40.0. The highest BCUT2D eigenvalue weighted by molar-refractivity contribution is 5.55. The molecule has 0 amide bonds. The van der Waals surface area contributed by atoms with E-state index in [2.05, 4.69) is 5.32 Å². The summed E-state index contributed by atoms with van der Waals surface area (Å²) in [5.41, 5.74) is 2.19. The molecule has 0 radical (unpaired) electrons. The van der Waals surface area contributed by atoms with Gasteiger partial charge in [0.15, 0.2) is 0 Å². The fraction of sp³-hybridized carbons (Fsp3) is 0.250. The molecule has 0 aromatic heterocycles. The van der Waals surface area contributed by atoms with Gasteiger partial charge < -0.3 is 5.32 Å². The third kappa shape index (κ3) is 2.38. The highest BCUT2D eigenvalue weighted by atomic mass is 19.4. The summed E-state index contributed by atoms with van der Waals surface area (Å²) in [7, 11) is 0. The third-order valence-electron chi connectivity index (χ3n) is 3.75. The fourth-order valence-electron chi connectivity index (χ4n) is 2.74. The van der Waals surface area contributed by atoms with Crippen LogP contribution in [0.4, 0.5) is 18.9 Å². The van der Waals surface area contributed by atoms with Crippen LogP contribution in [-0.2, 0) is 6.42 Å². The summed E-state index contributed by atoms with van der Waals surface area (Å²) in [4.78, 5) is 0. The van der Waals surface area contributed by atoms with Crippen molar-refractivity contribution >= 4 is 5.69 Å². The van der Waals surface area contributed by atoms with Crippen molar-refractivity contribution in [3.8, 4) is 0 Å². The number of benzene rings is 2. The van der Waals surface area contributed by atoms with Crippen molar-refractivity contribution in [1.82, 2.24) is 0 Å². The second-order valence-electron chi connectivity index (χ2n) is 5.04. The van der Waals surface area contributed by atoms with Gasteiger partial charge in [0.2, 0.25) is 0 Å². The number of rotatable bonds is 1. The maximum atomic E-state index is 13.3. The van der Waals surface area contributed by atoms with Crippen molar-refractivity contribution in [1.29, 1.82) is 0 Å². The minimum atomic E-state index is -4.22. The van der Waals surface area contributed by atoms with Crippen LogP contribution in [-0.4, -0.2) is 6.18 Å². The minimum Gasteiger partial charge on any atom is -0.377 e. The molecule has 0 bridgehead atoms. The van der Waals surface area contributed by atoms with E-state index >= 15 is 0 Å². The Labute approximate surface area is 115 Å². The van der Waals surface area contributed by atoms with Gasteiger partial charge in [-0.25, -0.2) is 0 Å². The van der Waals surface area contributed by atoms with Crippen LogP contribution in [0.2, 0.25) is 0 Å². The third-order valence-corrected chi connectivity index (χ3v) is 3.75. The van der Waals surface area contributed by atoms with Gasteiger partial charge in [-0.2, -0.15) is 13.2 Å². The average molecular weight is 277 g/mol. The van der Waals surface area contributed by atoms with Gasteiger partial charge in [-0.05, 0) is 23.6 Å². The van der Waals surface area contributed by atoms with Gasteiger partial charge in [0.25, 0.3) is 0 Å². The van der Waals surface area contributed by atoms with E-state index in [1.165, 1.54) is 0 Å². The molecular weight excluding hydrogens is 263 g/mol. The monoisotopic (exact) mass is 277 g/mol. The molecule has 4 heteroatoms. The highest BCUT2D eigenvalue weighted by Gasteiger charge is 2.47. The first-order valence-corrected chi connectivity index (χ1v) is 6.52. The summed E-state index contributed by atoms with van der Waals surface area (Å²) in [6.45, 7) is 0. The van der Waals surface area contributed by atoms with Crippen LogP contribution in [0.3, 0.4) is 0 Å². The number of alkyl halides is 3. The molecule has 0 unspecified atom stereocenters. The predicted molar refractivity (Wildman–Crippen MR) is 72.5 cm³/mol. The predicted octanol–water partition coefficient (Wildman–Crippen LogP) is 4.57. The van der Waals surface area contributed by atoms with Crippen LogP contribution in [0.25, 0.3) is 0 Å². The Morgan fingerprint density at radius 1 is 0.900 bits per heavy atom. The summed E-state index contributed by atoms with van der Waals surface area (Å²) in [5.74, 6) is -1.40. The zero-order valence-electron chi connectivity index (χ0n) is 10.7. The second-order valence-corrected chi connectivity index (χ2v) is 5.04. The largest absolute Gasteiger partial charge is 0.394 e. The lowest BCUT2D eigenvalue weighted by molar-refractivity contribution is -0.179. The van der Waals surface area contributed by atoms with E-state index in [1.807, 2.05) is 18.2 Å². The summed E-state index contributed by atoms with van der Waals surface area (Å²) in [6, 6.07) is 15.3. The topological polar surface area (TPSA) is 12.0 Å². The number of hydrogen-bond donors (Lipinski definition) is 1. The molecule has 1 aliphatic heterocycles. The zero-order chi connectivity index (χ0) is 14.2. The molecule has 104 valence electrons. The van der Waals surface area contributed by atoms with Crippen molar-refractivity contribution in [2.24, 2.45) is 5.92 Å². The fourth-order valence-corrected chi connectivity index (χ4v) is 2.74. The Bertz CT molecular complexity index is 592. The molecule has 20 heavy (non-hydrogen) atoms. The molecule has 0 aliphatic carbocycles. The molecule has 0 fully saturated rings. The van der Waals surface area contributed by atoms with Crippen LogP contribution < -0.4 is 5.32 Å². The number of anilines is 1. The van der Waals surface area contributed by atoms with Gasteiger partial charge in [-0.3, -0.25) is 0 Å². The SMILES string of the molecule is FC(F)(F)[C@H]1Cc2ccccc2N[C@H]1c1ccccc1. The number of para-hydroxylation sites is 1. The van der Waals surface area contributed by atoms with E-state index in [-0.39, 0.29) is 6.42 Å². The Hall–Kier alpha value is -1.97. The highest BCUT2D eigenvalue weighted by Crippen LogP contribution is 2.44. The molecule has 0 saturated carbocycles. The molecule has 1 aliphatic rings. The first-order valence-electron chi connectivity index (χ1n) is 6.52. The number of halogens is 3. The van der Waals surface area contributed by atoms with Gasteiger partial charge in [0.1, 0.15) is 0 Å². The number of fused-ring (bicyclic) bond motifs is 1. The van der Waals surface area contributed by atoms with Crippen molar-refractivity contribution < 1.29 is 13.2 Å². The summed E-state index contributed by atoms with van der Waals surface area (Å²) in [5, 5.41) is 3.05. The minimum absolute atomic E-state index is 0.0201. The van der Waals surface area contributed by atoms with E-state index in [0.717, 1.165) is 11.3 Å². The number of nitrogens with one attached hydrogen (secondary N) is 1. The van der Waals surface area contributed by atoms with Crippen LogP contribution in [0.5, 0.6) is 0 Å².